The van der Waals surface area contributed by atoms with Gasteiger partial charge in [-0.1, -0.05) is 0 Å². The smallest absolute Gasteiger partial charge is 0.253 e. The fourth-order valence-electron chi connectivity index (χ4n) is 3.94. The molecule has 1 fully saturated rings. The number of hydrogen-bond donors (Lipinski definition) is 1. The molecule has 148 valence electrons. The highest BCUT2D eigenvalue weighted by Gasteiger charge is 2.21. The first-order valence-corrected chi connectivity index (χ1v) is 9.84. The lowest BCUT2D eigenvalue weighted by atomic mass is 9.93. The van der Waals surface area contributed by atoms with Gasteiger partial charge in [0.25, 0.3) is 5.56 Å². The Morgan fingerprint density at radius 2 is 1.93 bits per heavy atom. The minimum absolute atomic E-state index is 0.0112. The first-order valence-electron chi connectivity index (χ1n) is 9.84. The van der Waals surface area contributed by atoms with E-state index < -0.39 is 0 Å². The molecule has 2 aliphatic rings. The highest BCUT2D eigenvalue weighted by Crippen LogP contribution is 2.33. The van der Waals surface area contributed by atoms with Gasteiger partial charge in [0.15, 0.2) is 0 Å². The highest BCUT2D eigenvalue weighted by molar-refractivity contribution is 5.95. The van der Waals surface area contributed by atoms with Crippen molar-refractivity contribution in [3.63, 3.8) is 0 Å². The van der Waals surface area contributed by atoms with E-state index in [-0.39, 0.29) is 17.6 Å². The number of hydrogen-bond acceptors (Lipinski definition) is 4. The van der Waals surface area contributed by atoms with Crippen molar-refractivity contribution >= 4 is 11.6 Å². The second-order valence-electron chi connectivity index (χ2n) is 7.67. The largest absolute Gasteiger partial charge is 0.381 e. The van der Waals surface area contributed by atoms with Crippen molar-refractivity contribution in [3.8, 4) is 11.1 Å². The zero-order valence-electron chi connectivity index (χ0n) is 16.4. The quantitative estimate of drug-likeness (QED) is 0.883. The van der Waals surface area contributed by atoms with E-state index in [0.717, 1.165) is 54.0 Å². The van der Waals surface area contributed by atoms with Crippen molar-refractivity contribution in [3.05, 3.63) is 51.4 Å². The third-order valence-electron chi connectivity index (χ3n) is 5.53. The molecule has 1 aromatic heterocycles. The van der Waals surface area contributed by atoms with Gasteiger partial charge < -0.3 is 19.4 Å². The predicted octanol–water partition coefficient (Wildman–Crippen LogP) is 2.94. The molecule has 0 bridgehead atoms. The van der Waals surface area contributed by atoms with Gasteiger partial charge in [-0.3, -0.25) is 9.59 Å². The second-order valence-corrected chi connectivity index (χ2v) is 7.67. The Morgan fingerprint density at radius 3 is 2.68 bits per heavy atom. The molecule has 0 aliphatic carbocycles. The summed E-state index contributed by atoms with van der Waals surface area (Å²) in [7, 11) is 1.77. The molecule has 0 saturated carbocycles. The van der Waals surface area contributed by atoms with Gasteiger partial charge in [-0.05, 0) is 61.1 Å². The van der Waals surface area contributed by atoms with Crippen LogP contribution in [-0.4, -0.2) is 29.8 Å². The van der Waals surface area contributed by atoms with Crippen LogP contribution in [0.25, 0.3) is 11.1 Å². The van der Waals surface area contributed by atoms with E-state index in [1.165, 1.54) is 0 Å². The van der Waals surface area contributed by atoms with Gasteiger partial charge in [0, 0.05) is 49.7 Å². The zero-order valence-corrected chi connectivity index (χ0v) is 16.4. The van der Waals surface area contributed by atoms with Crippen LogP contribution in [0.2, 0.25) is 0 Å². The summed E-state index contributed by atoms with van der Waals surface area (Å²) < 4.78 is 13.2. The lowest BCUT2D eigenvalue weighted by Gasteiger charge is -2.25. The Balaban J connectivity index is 1.70. The Hall–Kier alpha value is -2.44. The van der Waals surface area contributed by atoms with E-state index >= 15 is 0 Å². The standard InChI is InChI=1S/C22H26N2O4/c1-14-9-17(12-24(2)22(14)26)16-10-15-3-4-20(25)23-21(15)18(11-16)13-28-19-5-7-27-8-6-19/h9-12,19H,3-8,13H2,1-2H3,(H,23,25). The molecule has 0 atom stereocenters. The highest BCUT2D eigenvalue weighted by atomic mass is 16.5. The van der Waals surface area contributed by atoms with Crippen LogP contribution in [0.5, 0.6) is 0 Å². The second kappa shape index (κ2) is 7.89. The number of amides is 1. The number of rotatable bonds is 4. The maximum Gasteiger partial charge on any atom is 0.253 e. The van der Waals surface area contributed by atoms with Crippen LogP contribution in [0.3, 0.4) is 0 Å². The van der Waals surface area contributed by atoms with Crippen molar-refractivity contribution < 1.29 is 14.3 Å². The lowest BCUT2D eigenvalue weighted by Crippen LogP contribution is -2.24. The fraction of sp³-hybridized carbons (Fsp3) is 0.455. The van der Waals surface area contributed by atoms with E-state index in [1.54, 1.807) is 11.6 Å². The third kappa shape index (κ3) is 3.88. The number of aromatic nitrogens is 1. The Bertz CT molecular complexity index is 931. The molecule has 1 amide bonds. The molecule has 6 heteroatoms. The number of benzene rings is 1. The normalized spacial score (nSPS) is 17.3. The van der Waals surface area contributed by atoms with Crippen LogP contribution in [-0.2, 0) is 34.3 Å². The molecule has 1 aromatic carbocycles. The molecular weight excluding hydrogens is 356 g/mol. The number of nitrogens with zero attached hydrogens (tertiary/aromatic N) is 1. The minimum Gasteiger partial charge on any atom is -0.381 e. The van der Waals surface area contributed by atoms with Crippen LogP contribution < -0.4 is 10.9 Å². The summed E-state index contributed by atoms with van der Waals surface area (Å²) in [4.78, 5) is 24.0. The molecule has 0 spiro atoms. The van der Waals surface area contributed by atoms with Gasteiger partial charge in [0.2, 0.25) is 5.91 Å². The van der Waals surface area contributed by atoms with Gasteiger partial charge in [0.05, 0.1) is 12.7 Å². The average molecular weight is 382 g/mol. The number of carbonyl (C=O) groups excluding carboxylic acids is 1. The molecule has 3 heterocycles. The summed E-state index contributed by atoms with van der Waals surface area (Å²) in [6.07, 6.45) is 5.05. The molecule has 2 aromatic rings. The van der Waals surface area contributed by atoms with E-state index in [9.17, 15) is 9.59 Å². The van der Waals surface area contributed by atoms with Crippen LogP contribution in [0, 0.1) is 6.92 Å². The SMILES string of the molecule is Cc1cc(-c2cc3c(c(COC4CCOCC4)c2)NC(=O)CC3)cn(C)c1=O. The number of aryl methyl sites for hydroxylation is 3. The van der Waals surface area contributed by atoms with Crippen LogP contribution in [0.4, 0.5) is 5.69 Å². The molecular formula is C22H26N2O4. The fourth-order valence-corrected chi connectivity index (χ4v) is 3.94. The van der Waals surface area contributed by atoms with E-state index in [0.29, 0.717) is 25.0 Å². The number of fused-ring (bicyclic) bond motifs is 1. The number of nitrogens with one attached hydrogen (secondary N) is 1. The molecule has 28 heavy (non-hydrogen) atoms. The van der Waals surface area contributed by atoms with E-state index in [2.05, 4.69) is 17.4 Å². The number of pyridine rings is 1. The molecule has 2 aliphatic heterocycles. The molecule has 0 unspecified atom stereocenters. The van der Waals surface area contributed by atoms with Gasteiger partial charge >= 0.3 is 0 Å². The van der Waals surface area contributed by atoms with E-state index in [1.807, 2.05) is 19.2 Å². The third-order valence-corrected chi connectivity index (χ3v) is 5.53. The Kier molecular flexibility index (Phi) is 5.33. The number of carbonyl (C=O) groups is 1. The number of anilines is 1. The van der Waals surface area contributed by atoms with Crippen molar-refractivity contribution in [2.75, 3.05) is 18.5 Å². The van der Waals surface area contributed by atoms with Crippen molar-refractivity contribution in [2.45, 2.75) is 45.3 Å². The summed E-state index contributed by atoms with van der Waals surface area (Å²) in [6, 6.07) is 6.11. The average Bonchev–Trinajstić information content (AvgIpc) is 2.70. The first-order chi connectivity index (χ1) is 13.5. The first kappa shape index (κ1) is 18.9. The van der Waals surface area contributed by atoms with Crippen LogP contribution in [0.1, 0.15) is 36.0 Å². The summed E-state index contributed by atoms with van der Waals surface area (Å²) in [5.74, 6) is 0.0468. The topological polar surface area (TPSA) is 69.6 Å². The monoisotopic (exact) mass is 382 g/mol. The molecule has 6 nitrogen and oxygen atoms in total. The van der Waals surface area contributed by atoms with Crippen molar-refractivity contribution in [1.82, 2.24) is 4.57 Å². The zero-order chi connectivity index (χ0) is 19.7. The number of ether oxygens (including phenoxy) is 2. The van der Waals surface area contributed by atoms with Crippen LogP contribution in [0.15, 0.2) is 29.2 Å². The predicted molar refractivity (Wildman–Crippen MR) is 107 cm³/mol. The maximum atomic E-state index is 12.1. The molecule has 0 radical (unpaired) electrons. The van der Waals surface area contributed by atoms with Gasteiger partial charge in [-0.25, -0.2) is 0 Å². The minimum atomic E-state index is 0.0112. The van der Waals surface area contributed by atoms with Crippen molar-refractivity contribution in [2.24, 2.45) is 7.05 Å². The Morgan fingerprint density at radius 1 is 1.14 bits per heavy atom. The summed E-state index contributed by atoms with van der Waals surface area (Å²) in [6.45, 7) is 3.75. The lowest BCUT2D eigenvalue weighted by molar-refractivity contribution is -0.116. The van der Waals surface area contributed by atoms with Crippen LogP contribution >= 0.6 is 0 Å². The van der Waals surface area contributed by atoms with Gasteiger partial charge in [-0.2, -0.15) is 0 Å². The van der Waals surface area contributed by atoms with Crippen molar-refractivity contribution in [1.29, 1.82) is 0 Å². The maximum absolute atomic E-state index is 12.1. The molecule has 1 saturated heterocycles. The van der Waals surface area contributed by atoms with Gasteiger partial charge in [0.1, 0.15) is 0 Å². The summed E-state index contributed by atoms with van der Waals surface area (Å²) in [5, 5.41) is 3.03. The molecule has 1 N–H and O–H groups in total. The Labute approximate surface area is 164 Å². The summed E-state index contributed by atoms with van der Waals surface area (Å²) >= 11 is 0. The molecule has 4 rings (SSSR count). The summed E-state index contributed by atoms with van der Waals surface area (Å²) in [5.41, 5.74) is 5.75. The van der Waals surface area contributed by atoms with Gasteiger partial charge in [-0.15, -0.1) is 0 Å². The van der Waals surface area contributed by atoms with E-state index in [4.69, 9.17) is 9.47 Å².